The van der Waals surface area contributed by atoms with Crippen molar-refractivity contribution in [2.24, 2.45) is 5.10 Å². The molecule has 3 aromatic rings. The summed E-state index contributed by atoms with van der Waals surface area (Å²) in [5, 5.41) is 8.66. The molecule has 0 spiro atoms. The summed E-state index contributed by atoms with van der Waals surface area (Å²) in [6.45, 7) is 2.47. The Morgan fingerprint density at radius 2 is 1.96 bits per heavy atom. The van der Waals surface area contributed by atoms with Gasteiger partial charge in [0.05, 0.1) is 11.1 Å². The van der Waals surface area contributed by atoms with Crippen molar-refractivity contribution >= 4 is 45.3 Å². The molecule has 0 unspecified atom stereocenters. The van der Waals surface area contributed by atoms with Gasteiger partial charge in [0.2, 0.25) is 0 Å². The van der Waals surface area contributed by atoms with Crippen LogP contribution in [0, 0.1) is 6.92 Å². The number of carbonyl (C=O) groups excluding carboxylic acids is 1. The van der Waals surface area contributed by atoms with E-state index in [0.717, 1.165) is 10.4 Å². The van der Waals surface area contributed by atoms with E-state index in [1.807, 2.05) is 24.3 Å². The lowest BCUT2D eigenvalue weighted by Crippen LogP contribution is -2.31. The normalized spacial score (nSPS) is 11.1. The van der Waals surface area contributed by atoms with E-state index in [2.05, 4.69) is 34.9 Å². The average molecular weight is 358 g/mol. The highest BCUT2D eigenvalue weighted by atomic mass is 35.5. The first kappa shape index (κ1) is 16.5. The number of nitrogens with zero attached hydrogens (tertiary/aromatic N) is 1. The summed E-state index contributed by atoms with van der Waals surface area (Å²) in [5.41, 5.74) is 4.62. The van der Waals surface area contributed by atoms with Crippen LogP contribution in [-0.2, 0) is 6.54 Å². The van der Waals surface area contributed by atoms with E-state index in [1.54, 1.807) is 29.7 Å². The number of hydrogen-bond acceptors (Lipinski definition) is 3. The monoisotopic (exact) mass is 357 g/mol. The molecular weight excluding hydrogens is 342 g/mol. The van der Waals surface area contributed by atoms with Crippen LogP contribution in [0.3, 0.4) is 0 Å². The number of halogens is 1. The van der Waals surface area contributed by atoms with Gasteiger partial charge in [-0.1, -0.05) is 41.9 Å². The minimum Gasteiger partial charge on any atom is -0.333 e. The second-order valence-electron chi connectivity index (χ2n) is 5.27. The van der Waals surface area contributed by atoms with Crippen LogP contribution in [0.1, 0.15) is 16.0 Å². The van der Waals surface area contributed by atoms with Crippen molar-refractivity contribution in [3.63, 3.8) is 0 Å². The van der Waals surface area contributed by atoms with E-state index < -0.39 is 0 Å². The molecule has 0 aliphatic rings. The Balaban J connectivity index is 1.56. The van der Waals surface area contributed by atoms with Crippen LogP contribution in [0.15, 0.2) is 53.6 Å². The molecule has 24 heavy (non-hydrogen) atoms. The molecule has 3 rings (SSSR count). The number of urea groups is 1. The summed E-state index contributed by atoms with van der Waals surface area (Å²) in [6.07, 6.45) is 1.68. The second kappa shape index (κ2) is 7.47. The molecule has 2 aromatic carbocycles. The van der Waals surface area contributed by atoms with Crippen LogP contribution in [0.4, 0.5) is 4.79 Å². The molecular formula is C18H16ClN3OS. The maximum Gasteiger partial charge on any atom is 0.335 e. The quantitative estimate of drug-likeness (QED) is 0.516. The van der Waals surface area contributed by atoms with Crippen molar-refractivity contribution in [2.45, 2.75) is 13.5 Å². The Hall–Kier alpha value is -2.37. The molecule has 1 heterocycles. The van der Waals surface area contributed by atoms with Gasteiger partial charge in [-0.15, -0.1) is 11.3 Å². The van der Waals surface area contributed by atoms with Crippen molar-refractivity contribution in [1.29, 1.82) is 0 Å². The van der Waals surface area contributed by atoms with Crippen LogP contribution >= 0.6 is 22.9 Å². The van der Waals surface area contributed by atoms with E-state index in [9.17, 15) is 4.79 Å². The smallest absolute Gasteiger partial charge is 0.333 e. The van der Waals surface area contributed by atoms with Gasteiger partial charge in [0.15, 0.2) is 0 Å². The number of aryl methyl sites for hydroxylation is 1. The molecule has 0 saturated heterocycles. The number of amides is 2. The Bertz CT molecular complexity index is 887. The van der Waals surface area contributed by atoms with Gasteiger partial charge in [0, 0.05) is 16.3 Å². The van der Waals surface area contributed by atoms with Crippen molar-refractivity contribution in [1.82, 2.24) is 10.7 Å². The van der Waals surface area contributed by atoms with Crippen molar-refractivity contribution in [3.05, 3.63) is 69.6 Å². The summed E-state index contributed by atoms with van der Waals surface area (Å²) in [6, 6.07) is 15.2. The molecule has 0 aliphatic carbocycles. The first-order chi connectivity index (χ1) is 11.6. The Morgan fingerprint density at radius 3 is 2.71 bits per heavy atom. The fraction of sp³-hybridized carbons (Fsp3) is 0.111. The molecule has 2 N–H and O–H groups in total. The molecule has 4 nitrogen and oxygen atoms in total. The largest absolute Gasteiger partial charge is 0.335 e. The highest BCUT2D eigenvalue weighted by Crippen LogP contribution is 2.29. The first-order valence-electron chi connectivity index (χ1n) is 7.43. The van der Waals surface area contributed by atoms with Crippen LogP contribution in [0.5, 0.6) is 0 Å². The summed E-state index contributed by atoms with van der Waals surface area (Å²) in [7, 11) is 0. The third-order valence-corrected chi connectivity index (χ3v) is 5.05. The predicted molar refractivity (Wildman–Crippen MR) is 101 cm³/mol. The van der Waals surface area contributed by atoms with Gasteiger partial charge >= 0.3 is 6.03 Å². The lowest BCUT2D eigenvalue weighted by atomic mass is 10.1. The zero-order valence-electron chi connectivity index (χ0n) is 13.0. The van der Waals surface area contributed by atoms with Gasteiger partial charge in [0.25, 0.3) is 0 Å². The van der Waals surface area contributed by atoms with E-state index in [4.69, 9.17) is 11.6 Å². The fourth-order valence-electron chi connectivity index (χ4n) is 2.29. The minimum absolute atomic E-state index is 0.347. The second-order valence-corrected chi connectivity index (χ2v) is 6.79. The number of hydrogen-bond donors (Lipinski definition) is 2. The number of benzene rings is 2. The third kappa shape index (κ3) is 3.93. The molecule has 0 aliphatic heterocycles. The van der Waals surface area contributed by atoms with Crippen LogP contribution in [-0.4, -0.2) is 12.2 Å². The van der Waals surface area contributed by atoms with Gasteiger partial charge in [-0.3, -0.25) is 0 Å². The van der Waals surface area contributed by atoms with Crippen LogP contribution in [0.25, 0.3) is 10.1 Å². The molecule has 0 atom stereocenters. The van der Waals surface area contributed by atoms with E-state index in [0.29, 0.717) is 11.6 Å². The number of rotatable bonds is 4. The fourth-order valence-corrected chi connectivity index (χ4v) is 3.50. The Morgan fingerprint density at radius 1 is 1.21 bits per heavy atom. The Labute approximate surface area is 149 Å². The first-order valence-corrected chi connectivity index (χ1v) is 8.62. The number of carbonyl (C=O) groups is 1. The summed E-state index contributed by atoms with van der Waals surface area (Å²) >= 11 is 7.48. The van der Waals surface area contributed by atoms with Gasteiger partial charge < -0.3 is 5.32 Å². The molecule has 6 heteroatoms. The lowest BCUT2D eigenvalue weighted by molar-refractivity contribution is 0.241. The van der Waals surface area contributed by atoms with E-state index in [1.165, 1.54) is 15.6 Å². The standard InChI is InChI=1S/C18H16ClN3OS/c1-12-15-4-2-3-5-16(15)24-17(12)11-21-22-18(23)20-10-13-6-8-14(19)9-7-13/h2-9,11H,10H2,1H3,(H2,20,22,23)/b21-11-. The summed E-state index contributed by atoms with van der Waals surface area (Å²) < 4.78 is 1.21. The van der Waals surface area contributed by atoms with E-state index >= 15 is 0 Å². The maximum atomic E-state index is 11.8. The summed E-state index contributed by atoms with van der Waals surface area (Å²) in [4.78, 5) is 12.8. The number of nitrogens with one attached hydrogen (secondary N) is 2. The number of hydrazone groups is 1. The molecule has 0 fully saturated rings. The third-order valence-electron chi connectivity index (χ3n) is 3.59. The molecule has 0 radical (unpaired) electrons. The number of thiophene rings is 1. The van der Waals surface area contributed by atoms with Gasteiger partial charge in [-0.05, 0) is 41.6 Å². The number of fused-ring (bicyclic) bond motifs is 1. The highest BCUT2D eigenvalue weighted by Gasteiger charge is 2.05. The van der Waals surface area contributed by atoms with Crippen molar-refractivity contribution in [2.75, 3.05) is 0 Å². The minimum atomic E-state index is -0.347. The highest BCUT2D eigenvalue weighted by molar-refractivity contribution is 7.20. The van der Waals surface area contributed by atoms with Crippen molar-refractivity contribution in [3.8, 4) is 0 Å². The van der Waals surface area contributed by atoms with Gasteiger partial charge in [-0.2, -0.15) is 5.10 Å². The summed E-state index contributed by atoms with van der Waals surface area (Å²) in [5.74, 6) is 0. The average Bonchev–Trinajstić information content (AvgIpc) is 2.91. The zero-order valence-corrected chi connectivity index (χ0v) is 14.6. The van der Waals surface area contributed by atoms with Crippen LogP contribution < -0.4 is 10.7 Å². The van der Waals surface area contributed by atoms with Gasteiger partial charge in [-0.25, -0.2) is 10.2 Å². The lowest BCUT2D eigenvalue weighted by Gasteiger charge is -2.04. The molecule has 2 amide bonds. The zero-order chi connectivity index (χ0) is 16.9. The molecule has 1 aromatic heterocycles. The Kier molecular flexibility index (Phi) is 5.13. The SMILES string of the molecule is Cc1c(/C=N\NC(=O)NCc2ccc(Cl)cc2)sc2ccccc12. The van der Waals surface area contributed by atoms with Crippen molar-refractivity contribution < 1.29 is 4.79 Å². The van der Waals surface area contributed by atoms with E-state index in [-0.39, 0.29) is 6.03 Å². The van der Waals surface area contributed by atoms with Crippen LogP contribution in [0.2, 0.25) is 5.02 Å². The topological polar surface area (TPSA) is 53.5 Å². The molecule has 0 saturated carbocycles. The van der Waals surface area contributed by atoms with Gasteiger partial charge in [0.1, 0.15) is 0 Å². The predicted octanol–water partition coefficient (Wildman–Crippen LogP) is 4.70. The molecule has 0 bridgehead atoms. The molecule has 122 valence electrons. The maximum absolute atomic E-state index is 11.8.